The molecule has 1 rings (SSSR count). The van der Waals surface area contributed by atoms with Crippen LogP contribution in [-0.4, -0.2) is 55.7 Å². The maximum Gasteiger partial charge on any atom is 0.310 e. The summed E-state index contributed by atoms with van der Waals surface area (Å²) in [6, 6.07) is 3.39. The van der Waals surface area contributed by atoms with Crippen LogP contribution in [0.3, 0.4) is 0 Å². The predicted octanol–water partition coefficient (Wildman–Crippen LogP) is 0.979. The second-order valence-corrected chi connectivity index (χ2v) is 4.41. The van der Waals surface area contributed by atoms with Crippen molar-refractivity contribution < 1.29 is 19.1 Å². The molecule has 6 nitrogen and oxygen atoms in total. The first kappa shape index (κ1) is 16.1. The molecule has 0 fully saturated rings. The van der Waals surface area contributed by atoms with Gasteiger partial charge in [0, 0.05) is 32.6 Å². The summed E-state index contributed by atoms with van der Waals surface area (Å²) in [5, 5.41) is 0. The van der Waals surface area contributed by atoms with Gasteiger partial charge in [-0.3, -0.25) is 14.6 Å². The minimum Gasteiger partial charge on any atom is -0.469 e. The summed E-state index contributed by atoms with van der Waals surface area (Å²) in [4.78, 5) is 29.4. The Morgan fingerprint density at radius 2 is 2.15 bits per heavy atom. The molecular weight excluding hydrogens is 260 g/mol. The third-order valence-electron chi connectivity index (χ3n) is 2.86. The van der Waals surface area contributed by atoms with E-state index in [0.717, 1.165) is 0 Å². The van der Waals surface area contributed by atoms with Crippen LogP contribution in [0.4, 0.5) is 0 Å². The monoisotopic (exact) mass is 280 g/mol. The van der Waals surface area contributed by atoms with Crippen molar-refractivity contribution in [2.75, 3.05) is 33.9 Å². The van der Waals surface area contributed by atoms with Gasteiger partial charge in [0.15, 0.2) is 0 Å². The van der Waals surface area contributed by atoms with Gasteiger partial charge in [-0.05, 0) is 12.1 Å². The molecule has 1 atom stereocenters. The molecule has 0 aromatic carbocycles. The van der Waals surface area contributed by atoms with Gasteiger partial charge in [-0.25, -0.2) is 0 Å². The number of aromatic nitrogens is 1. The van der Waals surface area contributed by atoms with Crippen molar-refractivity contribution in [3.05, 3.63) is 30.1 Å². The Labute approximate surface area is 118 Å². The molecule has 6 heteroatoms. The molecule has 0 N–H and O–H groups in total. The van der Waals surface area contributed by atoms with Crippen molar-refractivity contribution in [1.82, 2.24) is 9.88 Å². The molecule has 1 aromatic heterocycles. The Morgan fingerprint density at radius 3 is 2.70 bits per heavy atom. The van der Waals surface area contributed by atoms with E-state index >= 15 is 0 Å². The van der Waals surface area contributed by atoms with Crippen molar-refractivity contribution in [3.8, 4) is 0 Å². The first-order chi connectivity index (χ1) is 9.60. The zero-order valence-electron chi connectivity index (χ0n) is 12.0. The van der Waals surface area contributed by atoms with Crippen molar-refractivity contribution in [1.29, 1.82) is 0 Å². The number of carbonyl (C=O) groups excluding carboxylic acids is 2. The molecule has 0 aliphatic heterocycles. The maximum absolute atomic E-state index is 12.4. The summed E-state index contributed by atoms with van der Waals surface area (Å²) in [5.41, 5.74) is 0.487. The number of pyridine rings is 1. The van der Waals surface area contributed by atoms with Gasteiger partial charge < -0.3 is 14.4 Å². The Morgan fingerprint density at radius 1 is 1.40 bits per heavy atom. The Kier molecular flexibility index (Phi) is 6.66. The highest BCUT2D eigenvalue weighted by atomic mass is 16.5. The van der Waals surface area contributed by atoms with Gasteiger partial charge in [-0.2, -0.15) is 0 Å². The zero-order chi connectivity index (χ0) is 15.0. The van der Waals surface area contributed by atoms with Crippen LogP contribution in [-0.2, 0) is 14.3 Å². The Balaban J connectivity index is 2.78. The van der Waals surface area contributed by atoms with Gasteiger partial charge >= 0.3 is 5.97 Å². The van der Waals surface area contributed by atoms with Gasteiger partial charge in [0.05, 0.1) is 25.2 Å². The van der Waals surface area contributed by atoms with Crippen LogP contribution < -0.4 is 0 Å². The molecule has 0 saturated heterocycles. The fourth-order valence-corrected chi connectivity index (χ4v) is 1.76. The SMILES string of the molecule is COCCN(CC(C)C(=O)OC)C(=O)c1cccnc1. The highest BCUT2D eigenvalue weighted by Crippen LogP contribution is 2.08. The van der Waals surface area contributed by atoms with Gasteiger partial charge in [-0.1, -0.05) is 6.92 Å². The average molecular weight is 280 g/mol. The van der Waals surface area contributed by atoms with E-state index in [-0.39, 0.29) is 18.4 Å². The molecule has 20 heavy (non-hydrogen) atoms. The quantitative estimate of drug-likeness (QED) is 0.696. The predicted molar refractivity (Wildman–Crippen MR) is 73.2 cm³/mol. The zero-order valence-corrected chi connectivity index (χ0v) is 12.0. The number of amides is 1. The first-order valence-electron chi connectivity index (χ1n) is 6.36. The molecule has 1 unspecified atom stereocenters. The van der Waals surface area contributed by atoms with Gasteiger partial charge in [0.2, 0.25) is 0 Å². The number of carbonyl (C=O) groups is 2. The van der Waals surface area contributed by atoms with Crippen LogP contribution in [0.1, 0.15) is 17.3 Å². The van der Waals surface area contributed by atoms with Crippen LogP contribution in [0.2, 0.25) is 0 Å². The van der Waals surface area contributed by atoms with Gasteiger partial charge in [-0.15, -0.1) is 0 Å². The van der Waals surface area contributed by atoms with Crippen molar-refractivity contribution in [3.63, 3.8) is 0 Å². The molecule has 1 heterocycles. The van der Waals surface area contributed by atoms with Crippen molar-refractivity contribution in [2.45, 2.75) is 6.92 Å². The van der Waals surface area contributed by atoms with E-state index in [0.29, 0.717) is 18.7 Å². The average Bonchev–Trinajstić information content (AvgIpc) is 2.50. The molecule has 110 valence electrons. The van der Waals surface area contributed by atoms with Crippen molar-refractivity contribution >= 4 is 11.9 Å². The largest absolute Gasteiger partial charge is 0.469 e. The number of hydrogen-bond donors (Lipinski definition) is 0. The summed E-state index contributed by atoms with van der Waals surface area (Å²) < 4.78 is 9.68. The lowest BCUT2D eigenvalue weighted by Crippen LogP contribution is -2.39. The molecular formula is C14H20N2O4. The van der Waals surface area contributed by atoms with Crippen LogP contribution >= 0.6 is 0 Å². The number of nitrogens with zero attached hydrogens (tertiary/aromatic N) is 2. The van der Waals surface area contributed by atoms with E-state index < -0.39 is 5.92 Å². The van der Waals surface area contributed by atoms with E-state index in [1.165, 1.54) is 13.3 Å². The minimum atomic E-state index is -0.391. The lowest BCUT2D eigenvalue weighted by atomic mass is 10.1. The second kappa shape index (κ2) is 8.27. The number of rotatable bonds is 7. The molecule has 0 bridgehead atoms. The van der Waals surface area contributed by atoms with Gasteiger partial charge in [0.25, 0.3) is 5.91 Å². The van der Waals surface area contributed by atoms with Gasteiger partial charge in [0.1, 0.15) is 0 Å². The minimum absolute atomic E-state index is 0.175. The highest BCUT2D eigenvalue weighted by Gasteiger charge is 2.22. The number of ether oxygens (including phenoxy) is 2. The highest BCUT2D eigenvalue weighted by molar-refractivity contribution is 5.94. The first-order valence-corrected chi connectivity index (χ1v) is 6.36. The third-order valence-corrected chi connectivity index (χ3v) is 2.86. The van der Waals surface area contributed by atoms with Crippen LogP contribution in [0.5, 0.6) is 0 Å². The standard InChI is InChI=1S/C14H20N2O4/c1-11(14(18)20-3)10-16(7-8-19-2)13(17)12-5-4-6-15-9-12/h4-6,9,11H,7-8,10H2,1-3H3. The fraction of sp³-hybridized carbons (Fsp3) is 0.500. The van der Waals surface area contributed by atoms with E-state index in [1.807, 2.05) is 0 Å². The Bertz CT molecular complexity index is 436. The van der Waals surface area contributed by atoms with Crippen LogP contribution in [0.15, 0.2) is 24.5 Å². The molecule has 0 saturated carbocycles. The summed E-state index contributed by atoms with van der Waals surface area (Å²) in [5.74, 6) is -0.908. The van der Waals surface area contributed by atoms with Crippen LogP contribution in [0.25, 0.3) is 0 Å². The topological polar surface area (TPSA) is 68.7 Å². The van der Waals surface area contributed by atoms with Crippen molar-refractivity contribution in [2.24, 2.45) is 5.92 Å². The molecule has 1 aromatic rings. The molecule has 1 amide bonds. The summed E-state index contributed by atoms with van der Waals surface area (Å²) >= 11 is 0. The normalized spacial score (nSPS) is 11.8. The summed E-state index contributed by atoms with van der Waals surface area (Å²) in [7, 11) is 2.90. The second-order valence-electron chi connectivity index (χ2n) is 4.41. The molecule has 0 aliphatic carbocycles. The third kappa shape index (κ3) is 4.62. The molecule has 0 aliphatic rings. The lowest BCUT2D eigenvalue weighted by molar-refractivity contribution is -0.145. The smallest absolute Gasteiger partial charge is 0.310 e. The fourth-order valence-electron chi connectivity index (χ4n) is 1.76. The number of methoxy groups -OCH3 is 2. The van der Waals surface area contributed by atoms with E-state index in [9.17, 15) is 9.59 Å². The number of esters is 1. The maximum atomic E-state index is 12.4. The number of hydrogen-bond acceptors (Lipinski definition) is 5. The summed E-state index contributed by atoms with van der Waals surface area (Å²) in [6.45, 7) is 2.82. The van der Waals surface area contributed by atoms with E-state index in [4.69, 9.17) is 4.74 Å². The van der Waals surface area contributed by atoms with E-state index in [2.05, 4.69) is 9.72 Å². The van der Waals surface area contributed by atoms with E-state index in [1.54, 1.807) is 37.3 Å². The Hall–Kier alpha value is -1.95. The summed E-state index contributed by atoms with van der Waals surface area (Å²) in [6.07, 6.45) is 3.11. The lowest BCUT2D eigenvalue weighted by Gasteiger charge is -2.24. The van der Waals surface area contributed by atoms with Crippen LogP contribution in [0, 0.1) is 5.92 Å². The molecule has 0 radical (unpaired) electrons. The molecule has 0 spiro atoms.